The predicted molar refractivity (Wildman–Crippen MR) is 87.4 cm³/mol. The van der Waals surface area contributed by atoms with Gasteiger partial charge in [0.1, 0.15) is 11.9 Å². The highest BCUT2D eigenvalue weighted by Gasteiger charge is 2.17. The number of amides is 1. The van der Waals surface area contributed by atoms with Gasteiger partial charge in [0.15, 0.2) is 0 Å². The summed E-state index contributed by atoms with van der Waals surface area (Å²) in [6.45, 7) is 1.95. The van der Waals surface area contributed by atoms with Crippen molar-refractivity contribution in [1.29, 1.82) is 0 Å². The van der Waals surface area contributed by atoms with Crippen LogP contribution in [0.1, 0.15) is 23.2 Å². The van der Waals surface area contributed by atoms with Crippen LogP contribution in [-0.2, 0) is 0 Å². The van der Waals surface area contributed by atoms with Crippen molar-refractivity contribution in [3.05, 3.63) is 60.2 Å². The average Bonchev–Trinajstić information content (AvgIpc) is 2.58. The minimum Gasteiger partial charge on any atom is -0.488 e. The topological polar surface area (TPSA) is 50.4 Å². The van der Waals surface area contributed by atoms with Crippen LogP contribution in [-0.4, -0.2) is 25.1 Å². The summed E-state index contributed by atoms with van der Waals surface area (Å²) in [5.74, 6) is 0.612. The molecule has 0 aromatic heterocycles. The first-order chi connectivity index (χ1) is 10.8. The van der Waals surface area contributed by atoms with Gasteiger partial charge < -0.3 is 15.4 Å². The maximum Gasteiger partial charge on any atom is 0.255 e. The van der Waals surface area contributed by atoms with Crippen LogP contribution in [0.5, 0.6) is 5.75 Å². The molecule has 0 unspecified atom stereocenters. The first-order valence-corrected chi connectivity index (χ1v) is 7.66. The average molecular weight is 296 g/mol. The summed E-state index contributed by atoms with van der Waals surface area (Å²) in [6.07, 6.45) is 2.18. The number of para-hydroxylation sites is 2. The third-order valence-electron chi connectivity index (χ3n) is 3.75. The Hall–Kier alpha value is -2.33. The molecule has 3 rings (SSSR count). The van der Waals surface area contributed by atoms with Crippen molar-refractivity contribution in [2.24, 2.45) is 0 Å². The van der Waals surface area contributed by atoms with E-state index in [1.807, 2.05) is 42.5 Å². The van der Waals surface area contributed by atoms with Gasteiger partial charge >= 0.3 is 0 Å². The van der Waals surface area contributed by atoms with Crippen LogP contribution < -0.4 is 15.4 Å². The monoisotopic (exact) mass is 296 g/mol. The van der Waals surface area contributed by atoms with E-state index in [4.69, 9.17) is 4.74 Å². The number of rotatable bonds is 4. The molecule has 1 saturated heterocycles. The second-order valence-electron chi connectivity index (χ2n) is 5.38. The summed E-state index contributed by atoms with van der Waals surface area (Å²) in [5, 5.41) is 6.26. The van der Waals surface area contributed by atoms with Crippen LogP contribution in [0.4, 0.5) is 5.69 Å². The smallest absolute Gasteiger partial charge is 0.255 e. The highest BCUT2D eigenvalue weighted by atomic mass is 16.5. The Morgan fingerprint density at radius 2 is 1.68 bits per heavy atom. The summed E-state index contributed by atoms with van der Waals surface area (Å²) in [5.41, 5.74) is 1.36. The Bertz CT molecular complexity index is 622. The van der Waals surface area contributed by atoms with Crippen molar-refractivity contribution in [3.63, 3.8) is 0 Å². The molecule has 1 aliphatic heterocycles. The van der Waals surface area contributed by atoms with Gasteiger partial charge in [0.25, 0.3) is 5.91 Å². The third-order valence-corrected chi connectivity index (χ3v) is 3.75. The van der Waals surface area contributed by atoms with Gasteiger partial charge in [0, 0.05) is 5.56 Å². The van der Waals surface area contributed by atoms with E-state index in [-0.39, 0.29) is 12.0 Å². The molecule has 0 bridgehead atoms. The highest BCUT2D eigenvalue weighted by Crippen LogP contribution is 2.27. The first kappa shape index (κ1) is 14.6. The van der Waals surface area contributed by atoms with E-state index in [0.717, 1.165) is 37.4 Å². The summed E-state index contributed by atoms with van der Waals surface area (Å²) in [4.78, 5) is 12.3. The highest BCUT2D eigenvalue weighted by molar-refractivity contribution is 6.04. The Kier molecular flexibility index (Phi) is 4.71. The van der Waals surface area contributed by atoms with Gasteiger partial charge in [-0.2, -0.15) is 0 Å². The third kappa shape index (κ3) is 3.65. The lowest BCUT2D eigenvalue weighted by Gasteiger charge is -2.25. The molecule has 4 nitrogen and oxygen atoms in total. The summed E-state index contributed by atoms with van der Waals surface area (Å²) in [6, 6.07) is 16.8. The Morgan fingerprint density at radius 3 is 2.45 bits per heavy atom. The first-order valence-electron chi connectivity index (χ1n) is 7.66. The molecule has 114 valence electrons. The van der Waals surface area contributed by atoms with Gasteiger partial charge in [-0.05, 0) is 50.2 Å². The lowest BCUT2D eigenvalue weighted by molar-refractivity contribution is 0.102. The Balaban J connectivity index is 1.72. The van der Waals surface area contributed by atoms with Crippen LogP contribution in [0, 0.1) is 0 Å². The zero-order valence-electron chi connectivity index (χ0n) is 12.4. The maximum absolute atomic E-state index is 12.3. The van der Waals surface area contributed by atoms with Crippen molar-refractivity contribution in [2.45, 2.75) is 18.9 Å². The zero-order chi connectivity index (χ0) is 15.2. The largest absolute Gasteiger partial charge is 0.488 e. The molecule has 2 N–H and O–H groups in total. The fourth-order valence-corrected chi connectivity index (χ4v) is 2.55. The van der Waals surface area contributed by atoms with Crippen LogP contribution >= 0.6 is 0 Å². The molecule has 22 heavy (non-hydrogen) atoms. The van der Waals surface area contributed by atoms with E-state index >= 15 is 0 Å². The molecular weight excluding hydrogens is 276 g/mol. The van der Waals surface area contributed by atoms with E-state index < -0.39 is 0 Å². The van der Waals surface area contributed by atoms with Crippen molar-refractivity contribution in [1.82, 2.24) is 5.32 Å². The summed E-state index contributed by atoms with van der Waals surface area (Å²) in [7, 11) is 0. The number of nitrogens with one attached hydrogen (secondary N) is 2. The molecule has 0 saturated carbocycles. The van der Waals surface area contributed by atoms with E-state index in [0.29, 0.717) is 5.56 Å². The van der Waals surface area contributed by atoms with Gasteiger partial charge in [-0.25, -0.2) is 0 Å². The molecule has 1 fully saturated rings. The predicted octanol–water partition coefficient (Wildman–Crippen LogP) is 3.07. The number of piperidine rings is 1. The van der Waals surface area contributed by atoms with Crippen molar-refractivity contribution in [3.8, 4) is 5.75 Å². The number of hydrogen-bond donors (Lipinski definition) is 2. The minimum atomic E-state index is -0.123. The van der Waals surface area contributed by atoms with Gasteiger partial charge in [-0.1, -0.05) is 30.3 Å². The van der Waals surface area contributed by atoms with Gasteiger partial charge in [0.2, 0.25) is 0 Å². The standard InChI is InChI=1S/C18H20N2O2/c21-18(14-6-2-1-3-7-14)20-16-8-4-5-9-17(16)22-15-10-12-19-13-11-15/h1-9,15,19H,10-13H2,(H,20,21). The van der Waals surface area contributed by atoms with Crippen molar-refractivity contribution < 1.29 is 9.53 Å². The van der Waals surface area contributed by atoms with Crippen LogP contribution in [0.25, 0.3) is 0 Å². The summed E-state index contributed by atoms with van der Waals surface area (Å²) < 4.78 is 6.07. The summed E-state index contributed by atoms with van der Waals surface area (Å²) >= 11 is 0. The van der Waals surface area contributed by atoms with Gasteiger partial charge in [0.05, 0.1) is 5.69 Å². The van der Waals surface area contributed by atoms with Crippen LogP contribution in [0.2, 0.25) is 0 Å². The van der Waals surface area contributed by atoms with E-state index in [1.165, 1.54) is 0 Å². The molecule has 1 amide bonds. The molecular formula is C18H20N2O2. The lowest BCUT2D eigenvalue weighted by Crippen LogP contribution is -2.34. The van der Waals surface area contributed by atoms with Crippen LogP contribution in [0.3, 0.4) is 0 Å². The Labute approximate surface area is 130 Å². The SMILES string of the molecule is O=C(Nc1ccccc1OC1CCNCC1)c1ccccc1. The molecule has 1 heterocycles. The number of ether oxygens (including phenoxy) is 1. The quantitative estimate of drug-likeness (QED) is 0.911. The number of benzene rings is 2. The molecule has 1 aliphatic rings. The second kappa shape index (κ2) is 7.09. The fraction of sp³-hybridized carbons (Fsp3) is 0.278. The number of carbonyl (C=O) groups excluding carboxylic acids is 1. The Morgan fingerprint density at radius 1 is 1.00 bits per heavy atom. The van der Waals surface area contributed by atoms with E-state index in [1.54, 1.807) is 12.1 Å². The van der Waals surface area contributed by atoms with Crippen LogP contribution in [0.15, 0.2) is 54.6 Å². The normalized spacial score (nSPS) is 15.3. The lowest BCUT2D eigenvalue weighted by atomic mass is 10.1. The van der Waals surface area contributed by atoms with Gasteiger partial charge in [-0.15, -0.1) is 0 Å². The molecule has 0 atom stereocenters. The number of carbonyl (C=O) groups is 1. The van der Waals surface area contributed by atoms with Crippen molar-refractivity contribution in [2.75, 3.05) is 18.4 Å². The minimum absolute atomic E-state index is 0.123. The molecule has 2 aromatic carbocycles. The fourth-order valence-electron chi connectivity index (χ4n) is 2.55. The van der Waals surface area contributed by atoms with Crippen molar-refractivity contribution >= 4 is 11.6 Å². The zero-order valence-corrected chi connectivity index (χ0v) is 12.4. The maximum atomic E-state index is 12.3. The molecule has 0 aliphatic carbocycles. The van der Waals surface area contributed by atoms with Gasteiger partial charge in [-0.3, -0.25) is 4.79 Å². The molecule has 4 heteroatoms. The number of hydrogen-bond acceptors (Lipinski definition) is 3. The molecule has 2 aromatic rings. The second-order valence-corrected chi connectivity index (χ2v) is 5.38. The van der Waals surface area contributed by atoms with E-state index in [2.05, 4.69) is 10.6 Å². The number of anilines is 1. The molecule has 0 radical (unpaired) electrons. The van der Waals surface area contributed by atoms with E-state index in [9.17, 15) is 4.79 Å². The molecule has 0 spiro atoms.